The number of fused-ring (bicyclic) bond motifs is 1. The summed E-state index contributed by atoms with van der Waals surface area (Å²) in [6.45, 7) is 0. The van der Waals surface area contributed by atoms with Gasteiger partial charge in [0.15, 0.2) is 5.65 Å². The molecule has 0 aliphatic rings. The maximum Gasteiger partial charge on any atom is 0.240 e. The van der Waals surface area contributed by atoms with Gasteiger partial charge in [0.05, 0.1) is 18.2 Å². The van der Waals surface area contributed by atoms with Crippen LogP contribution in [0.5, 0.6) is 0 Å². The van der Waals surface area contributed by atoms with Crippen LogP contribution in [0.1, 0.15) is 0 Å². The molecular formula is C9H8N6. The van der Waals surface area contributed by atoms with E-state index in [4.69, 9.17) is 5.73 Å². The van der Waals surface area contributed by atoms with Crippen LogP contribution in [0.4, 0.5) is 5.95 Å². The Morgan fingerprint density at radius 2 is 2.20 bits per heavy atom. The maximum absolute atomic E-state index is 5.50. The number of imidazole rings is 1. The van der Waals surface area contributed by atoms with Gasteiger partial charge in [-0.1, -0.05) is 0 Å². The molecule has 3 aromatic rings. The van der Waals surface area contributed by atoms with Crippen LogP contribution in [-0.4, -0.2) is 24.1 Å². The van der Waals surface area contributed by atoms with Crippen molar-refractivity contribution in [2.45, 2.75) is 0 Å². The minimum Gasteiger partial charge on any atom is -0.366 e. The zero-order chi connectivity index (χ0) is 10.3. The summed E-state index contributed by atoms with van der Waals surface area (Å²) in [6.07, 6.45) is 7.16. The summed E-state index contributed by atoms with van der Waals surface area (Å²) in [5.74, 6) is 0.276. The molecule has 3 aromatic heterocycles. The molecule has 0 atom stereocenters. The number of aromatic nitrogens is 5. The third kappa shape index (κ3) is 1.23. The quantitative estimate of drug-likeness (QED) is 0.620. The third-order valence-electron chi connectivity index (χ3n) is 2.13. The van der Waals surface area contributed by atoms with E-state index >= 15 is 0 Å². The van der Waals surface area contributed by atoms with Crippen molar-refractivity contribution >= 4 is 11.6 Å². The van der Waals surface area contributed by atoms with Gasteiger partial charge >= 0.3 is 0 Å². The number of hydrogen-bond acceptors (Lipinski definition) is 4. The Morgan fingerprint density at radius 1 is 1.27 bits per heavy atom. The van der Waals surface area contributed by atoms with Crippen LogP contribution >= 0.6 is 0 Å². The molecule has 2 N–H and O–H groups in total. The molecule has 0 aromatic carbocycles. The number of anilines is 1. The highest BCUT2D eigenvalue weighted by Crippen LogP contribution is 2.09. The number of nitrogens with two attached hydrogens (primary N) is 1. The van der Waals surface area contributed by atoms with Gasteiger partial charge < -0.3 is 10.3 Å². The summed E-state index contributed by atoms with van der Waals surface area (Å²) in [4.78, 5) is 8.02. The van der Waals surface area contributed by atoms with Crippen molar-refractivity contribution in [3.8, 4) is 5.69 Å². The van der Waals surface area contributed by atoms with Gasteiger partial charge in [-0.15, -0.1) is 5.10 Å². The molecule has 0 radical (unpaired) electrons. The summed E-state index contributed by atoms with van der Waals surface area (Å²) in [6, 6.07) is 3.80. The molecule has 0 saturated carbocycles. The van der Waals surface area contributed by atoms with Crippen LogP contribution < -0.4 is 5.73 Å². The molecular weight excluding hydrogens is 192 g/mol. The summed E-state index contributed by atoms with van der Waals surface area (Å²) in [5.41, 5.74) is 7.19. The van der Waals surface area contributed by atoms with E-state index in [-0.39, 0.29) is 5.95 Å². The highest BCUT2D eigenvalue weighted by Gasteiger charge is 2.01. The van der Waals surface area contributed by atoms with Gasteiger partial charge in [-0.25, -0.2) is 9.50 Å². The average molecular weight is 200 g/mol. The van der Waals surface area contributed by atoms with E-state index in [0.29, 0.717) is 0 Å². The normalized spacial score (nSPS) is 10.9. The van der Waals surface area contributed by atoms with Crippen LogP contribution in [0, 0.1) is 0 Å². The SMILES string of the molecule is Nc1nc2ccc(-n3ccnc3)cn2n1. The number of pyridine rings is 1. The van der Waals surface area contributed by atoms with Gasteiger partial charge in [-0.2, -0.15) is 4.98 Å². The highest BCUT2D eigenvalue weighted by molar-refractivity contribution is 5.46. The lowest BCUT2D eigenvalue weighted by Gasteiger charge is -2.00. The molecule has 6 heteroatoms. The summed E-state index contributed by atoms with van der Waals surface area (Å²) < 4.78 is 3.53. The zero-order valence-corrected chi connectivity index (χ0v) is 7.78. The number of hydrogen-bond donors (Lipinski definition) is 1. The maximum atomic E-state index is 5.50. The van der Waals surface area contributed by atoms with Crippen molar-refractivity contribution in [2.75, 3.05) is 5.73 Å². The lowest BCUT2D eigenvalue weighted by Crippen LogP contribution is -1.95. The van der Waals surface area contributed by atoms with Crippen molar-refractivity contribution in [1.29, 1.82) is 0 Å². The van der Waals surface area contributed by atoms with Gasteiger partial charge in [0.2, 0.25) is 5.95 Å². The lowest BCUT2D eigenvalue weighted by atomic mass is 10.4. The molecule has 0 fully saturated rings. The topological polar surface area (TPSA) is 74.0 Å². The molecule has 0 spiro atoms. The lowest BCUT2D eigenvalue weighted by molar-refractivity contribution is 0.937. The largest absolute Gasteiger partial charge is 0.366 e. The Balaban J connectivity index is 2.21. The van der Waals surface area contributed by atoms with E-state index in [1.54, 1.807) is 17.0 Å². The van der Waals surface area contributed by atoms with Crippen LogP contribution in [0.15, 0.2) is 37.1 Å². The van der Waals surface area contributed by atoms with Crippen LogP contribution in [0.3, 0.4) is 0 Å². The second-order valence-electron chi connectivity index (χ2n) is 3.13. The van der Waals surface area contributed by atoms with Crippen molar-refractivity contribution < 1.29 is 0 Å². The Hall–Kier alpha value is -2.37. The molecule has 0 aliphatic carbocycles. The van der Waals surface area contributed by atoms with Gasteiger partial charge in [0.1, 0.15) is 0 Å². The average Bonchev–Trinajstić information content (AvgIpc) is 2.82. The first-order valence-electron chi connectivity index (χ1n) is 4.43. The molecule has 0 bridgehead atoms. The molecule has 0 aliphatic heterocycles. The van der Waals surface area contributed by atoms with Crippen LogP contribution in [0.25, 0.3) is 11.3 Å². The zero-order valence-electron chi connectivity index (χ0n) is 7.78. The van der Waals surface area contributed by atoms with E-state index in [9.17, 15) is 0 Å². The molecule has 3 heterocycles. The first kappa shape index (κ1) is 7.98. The second-order valence-corrected chi connectivity index (χ2v) is 3.13. The van der Waals surface area contributed by atoms with Crippen molar-refractivity contribution in [3.63, 3.8) is 0 Å². The Labute approximate surface area is 85.0 Å². The molecule has 15 heavy (non-hydrogen) atoms. The fourth-order valence-electron chi connectivity index (χ4n) is 1.45. The molecule has 0 unspecified atom stereocenters. The van der Waals surface area contributed by atoms with Gasteiger partial charge in [-0.05, 0) is 12.1 Å². The monoisotopic (exact) mass is 200 g/mol. The predicted octanol–water partition coefficient (Wildman–Crippen LogP) is 0.497. The number of nitrogens with zero attached hydrogens (tertiary/aromatic N) is 5. The molecule has 6 nitrogen and oxygen atoms in total. The minimum absolute atomic E-state index is 0.276. The molecule has 0 saturated heterocycles. The Kier molecular flexibility index (Phi) is 1.49. The minimum atomic E-state index is 0.276. The van der Waals surface area contributed by atoms with Crippen molar-refractivity contribution in [3.05, 3.63) is 37.1 Å². The third-order valence-corrected chi connectivity index (χ3v) is 2.13. The number of nitrogen functional groups attached to an aromatic ring is 1. The molecule has 0 amide bonds. The fourth-order valence-corrected chi connectivity index (χ4v) is 1.45. The smallest absolute Gasteiger partial charge is 0.240 e. The first-order chi connectivity index (χ1) is 7.33. The van der Waals surface area contributed by atoms with Gasteiger partial charge in [-0.3, -0.25) is 0 Å². The molecule has 74 valence electrons. The summed E-state index contributed by atoms with van der Waals surface area (Å²) in [7, 11) is 0. The van der Waals surface area contributed by atoms with E-state index in [0.717, 1.165) is 11.3 Å². The van der Waals surface area contributed by atoms with Crippen molar-refractivity contribution in [2.24, 2.45) is 0 Å². The fraction of sp³-hybridized carbons (Fsp3) is 0. The van der Waals surface area contributed by atoms with E-state index in [2.05, 4.69) is 15.1 Å². The summed E-state index contributed by atoms with van der Waals surface area (Å²) >= 11 is 0. The van der Waals surface area contributed by atoms with E-state index < -0.39 is 0 Å². The predicted molar refractivity (Wildman–Crippen MR) is 54.5 cm³/mol. The van der Waals surface area contributed by atoms with Gasteiger partial charge in [0, 0.05) is 12.4 Å². The van der Waals surface area contributed by atoms with Crippen LogP contribution in [0.2, 0.25) is 0 Å². The van der Waals surface area contributed by atoms with Crippen molar-refractivity contribution in [1.82, 2.24) is 24.1 Å². The summed E-state index contributed by atoms with van der Waals surface area (Å²) in [5, 5.41) is 4.03. The standard InChI is InChI=1S/C9H8N6/c10-9-12-8-2-1-7(5-15(8)13-9)14-4-3-11-6-14/h1-6H,(H2,10,13). The molecule has 3 rings (SSSR count). The van der Waals surface area contributed by atoms with Crippen LogP contribution in [-0.2, 0) is 0 Å². The van der Waals surface area contributed by atoms with E-state index in [1.807, 2.05) is 29.1 Å². The first-order valence-corrected chi connectivity index (χ1v) is 4.43. The van der Waals surface area contributed by atoms with Gasteiger partial charge in [0.25, 0.3) is 0 Å². The second kappa shape index (κ2) is 2.81. The highest BCUT2D eigenvalue weighted by atomic mass is 15.3. The number of rotatable bonds is 1. The Bertz CT molecular complexity index is 594. The van der Waals surface area contributed by atoms with E-state index in [1.165, 1.54) is 0 Å². The Morgan fingerprint density at radius 3 is 3.00 bits per heavy atom.